The number of carbonyl (C=O) groups is 3. The quantitative estimate of drug-likeness (QED) is 0.514. The molecule has 0 unspecified atom stereocenters. The van der Waals surface area contributed by atoms with E-state index in [1.54, 1.807) is 5.32 Å². The van der Waals surface area contributed by atoms with Crippen molar-refractivity contribution in [1.29, 1.82) is 0 Å². The van der Waals surface area contributed by atoms with Crippen LogP contribution in [0.2, 0.25) is 0 Å². The molecule has 0 saturated heterocycles. The highest BCUT2D eigenvalue weighted by Gasteiger charge is 2.54. The van der Waals surface area contributed by atoms with Crippen molar-refractivity contribution in [1.82, 2.24) is 15.6 Å². The molecule has 0 atom stereocenters. The number of benzene rings is 1. The Balaban J connectivity index is 1.74. The fourth-order valence-electron chi connectivity index (χ4n) is 2.97. The topological polar surface area (TPSA) is 97.4 Å². The largest absolute Gasteiger partial charge is 0.471 e. The number of amides is 2. The van der Waals surface area contributed by atoms with Gasteiger partial charge in [0.05, 0.1) is 19.3 Å². The first-order valence-corrected chi connectivity index (χ1v) is 9.18. The van der Waals surface area contributed by atoms with Gasteiger partial charge in [-0.25, -0.2) is 13.6 Å². The number of carbonyl (C=O) groups excluding carboxylic acids is 3. The summed E-state index contributed by atoms with van der Waals surface area (Å²) in [4.78, 5) is 39.0. The lowest BCUT2D eigenvalue weighted by Crippen LogP contribution is -2.52. The van der Waals surface area contributed by atoms with Crippen molar-refractivity contribution in [3.63, 3.8) is 0 Å². The third-order valence-electron chi connectivity index (χ3n) is 4.84. The molecule has 2 aromatic rings. The second-order valence-corrected chi connectivity index (χ2v) is 7.02. The molecule has 7 nitrogen and oxygen atoms in total. The molecular formula is C20H16F5N3O4. The van der Waals surface area contributed by atoms with Crippen LogP contribution in [0.15, 0.2) is 30.5 Å². The number of aromatic nitrogens is 1. The molecule has 2 amide bonds. The van der Waals surface area contributed by atoms with Crippen LogP contribution in [0.5, 0.6) is 0 Å². The van der Waals surface area contributed by atoms with E-state index < -0.39 is 53.2 Å². The molecule has 1 aliphatic carbocycles. The standard InChI is InChI=1S/C20H16F5N3O4/c1-32-16(29)15-11(3-2-4-12(15)21)10-7-13(22)14(26-8-10)9-27-17(30)19(5-6-19)28-18(31)20(23,24)25/h2-4,7-8H,5-6,9H2,1H3,(H,27,30)(H,28,31). The van der Waals surface area contributed by atoms with Gasteiger partial charge in [0.25, 0.3) is 0 Å². The highest BCUT2D eigenvalue weighted by Crippen LogP contribution is 2.37. The Morgan fingerprint density at radius 2 is 1.84 bits per heavy atom. The Hall–Kier alpha value is -3.57. The summed E-state index contributed by atoms with van der Waals surface area (Å²) < 4.78 is 70.4. The molecule has 3 rings (SSSR count). The minimum atomic E-state index is -5.14. The number of esters is 1. The number of nitrogens with zero attached hydrogens (tertiary/aromatic N) is 1. The molecule has 32 heavy (non-hydrogen) atoms. The van der Waals surface area contributed by atoms with E-state index in [9.17, 15) is 36.3 Å². The van der Waals surface area contributed by atoms with E-state index in [0.717, 1.165) is 25.4 Å². The maximum atomic E-state index is 14.5. The summed E-state index contributed by atoms with van der Waals surface area (Å²) in [6.45, 7) is -0.471. The van der Waals surface area contributed by atoms with Gasteiger partial charge in [-0.1, -0.05) is 12.1 Å². The van der Waals surface area contributed by atoms with Crippen molar-refractivity contribution < 1.29 is 41.1 Å². The SMILES string of the molecule is COC(=O)c1c(F)cccc1-c1cnc(CNC(=O)C2(NC(=O)C(F)(F)F)CC2)c(F)c1. The number of alkyl halides is 3. The van der Waals surface area contributed by atoms with Crippen LogP contribution in [0.3, 0.4) is 0 Å². The van der Waals surface area contributed by atoms with E-state index >= 15 is 0 Å². The minimum Gasteiger partial charge on any atom is -0.465 e. The number of hydrogen-bond donors (Lipinski definition) is 2. The van der Waals surface area contributed by atoms with Gasteiger partial charge in [-0.3, -0.25) is 14.6 Å². The summed E-state index contributed by atoms with van der Waals surface area (Å²) in [5.41, 5.74) is -2.26. The molecule has 1 saturated carbocycles. The second-order valence-electron chi connectivity index (χ2n) is 7.02. The Morgan fingerprint density at radius 3 is 2.41 bits per heavy atom. The first-order valence-electron chi connectivity index (χ1n) is 9.18. The Morgan fingerprint density at radius 1 is 1.16 bits per heavy atom. The molecule has 1 aromatic carbocycles. The van der Waals surface area contributed by atoms with Gasteiger partial charge in [0.15, 0.2) is 0 Å². The number of halogens is 5. The van der Waals surface area contributed by atoms with E-state index in [0.29, 0.717) is 0 Å². The molecule has 2 N–H and O–H groups in total. The van der Waals surface area contributed by atoms with E-state index in [1.165, 1.54) is 12.1 Å². The van der Waals surface area contributed by atoms with Crippen LogP contribution in [0.25, 0.3) is 11.1 Å². The normalized spacial score (nSPS) is 14.4. The van der Waals surface area contributed by atoms with Gasteiger partial charge < -0.3 is 15.4 Å². The number of rotatable bonds is 6. The molecule has 1 heterocycles. The van der Waals surface area contributed by atoms with Crippen LogP contribution in [-0.2, 0) is 20.9 Å². The summed E-state index contributed by atoms with van der Waals surface area (Å²) in [6, 6.07) is 4.68. The van der Waals surface area contributed by atoms with Gasteiger partial charge in [-0.2, -0.15) is 13.2 Å². The lowest BCUT2D eigenvalue weighted by atomic mass is 10.00. The molecule has 0 bridgehead atoms. The molecule has 1 aliphatic rings. The first-order chi connectivity index (χ1) is 15.0. The van der Waals surface area contributed by atoms with E-state index in [2.05, 4.69) is 15.0 Å². The van der Waals surface area contributed by atoms with E-state index in [4.69, 9.17) is 0 Å². The summed E-state index contributed by atoms with van der Waals surface area (Å²) in [5, 5.41) is 3.90. The van der Waals surface area contributed by atoms with Gasteiger partial charge in [-0.15, -0.1) is 0 Å². The smallest absolute Gasteiger partial charge is 0.465 e. The summed E-state index contributed by atoms with van der Waals surface area (Å²) in [7, 11) is 1.06. The second kappa shape index (κ2) is 8.52. The molecule has 0 radical (unpaired) electrons. The van der Waals surface area contributed by atoms with Crippen molar-refractivity contribution in [3.8, 4) is 11.1 Å². The molecule has 12 heteroatoms. The monoisotopic (exact) mass is 457 g/mol. The number of hydrogen-bond acceptors (Lipinski definition) is 5. The average molecular weight is 457 g/mol. The van der Waals surface area contributed by atoms with Crippen LogP contribution in [-0.4, -0.2) is 41.6 Å². The van der Waals surface area contributed by atoms with Crippen LogP contribution in [0.4, 0.5) is 22.0 Å². The minimum absolute atomic E-state index is 0.00534. The van der Waals surface area contributed by atoms with Crippen LogP contribution in [0, 0.1) is 11.6 Å². The van der Waals surface area contributed by atoms with Crippen LogP contribution < -0.4 is 10.6 Å². The number of nitrogens with one attached hydrogen (secondary N) is 2. The van der Waals surface area contributed by atoms with Crippen molar-refractivity contribution in [3.05, 3.63) is 53.4 Å². The predicted octanol–water partition coefficient (Wildman–Crippen LogP) is 2.64. The Bertz CT molecular complexity index is 1080. The highest BCUT2D eigenvalue weighted by molar-refractivity contribution is 5.97. The molecule has 0 aliphatic heterocycles. The lowest BCUT2D eigenvalue weighted by molar-refractivity contribution is -0.175. The molecule has 170 valence electrons. The lowest BCUT2D eigenvalue weighted by Gasteiger charge is -2.18. The zero-order valence-corrected chi connectivity index (χ0v) is 16.5. The van der Waals surface area contributed by atoms with Crippen molar-refractivity contribution in [2.45, 2.75) is 31.1 Å². The maximum absolute atomic E-state index is 14.5. The molecular weight excluding hydrogens is 441 g/mol. The Kier molecular flexibility index (Phi) is 6.15. The van der Waals surface area contributed by atoms with Gasteiger partial charge in [0, 0.05) is 17.3 Å². The third-order valence-corrected chi connectivity index (χ3v) is 4.84. The maximum Gasteiger partial charge on any atom is 0.471 e. The van der Waals surface area contributed by atoms with E-state index in [1.807, 2.05) is 0 Å². The summed E-state index contributed by atoms with van der Waals surface area (Å²) >= 11 is 0. The predicted molar refractivity (Wildman–Crippen MR) is 98.9 cm³/mol. The van der Waals surface area contributed by atoms with Crippen molar-refractivity contribution >= 4 is 17.8 Å². The van der Waals surface area contributed by atoms with Gasteiger partial charge >= 0.3 is 18.1 Å². The van der Waals surface area contributed by atoms with E-state index in [-0.39, 0.29) is 29.7 Å². The average Bonchev–Trinajstić information content (AvgIpc) is 3.52. The first kappa shape index (κ1) is 23.1. The van der Waals surface area contributed by atoms with Gasteiger partial charge in [0.1, 0.15) is 22.7 Å². The summed E-state index contributed by atoms with van der Waals surface area (Å²) in [5.74, 6) is -5.90. The van der Waals surface area contributed by atoms with Crippen molar-refractivity contribution in [2.24, 2.45) is 0 Å². The van der Waals surface area contributed by atoms with Gasteiger partial charge in [0.2, 0.25) is 5.91 Å². The summed E-state index contributed by atoms with van der Waals surface area (Å²) in [6.07, 6.45) is -3.99. The number of pyridine rings is 1. The van der Waals surface area contributed by atoms with Crippen LogP contribution >= 0.6 is 0 Å². The number of ether oxygens (including phenoxy) is 1. The van der Waals surface area contributed by atoms with Crippen LogP contribution in [0.1, 0.15) is 28.9 Å². The Labute approximate surface area is 178 Å². The third kappa shape index (κ3) is 4.68. The zero-order chi connectivity index (χ0) is 23.7. The fourth-order valence-corrected chi connectivity index (χ4v) is 2.97. The highest BCUT2D eigenvalue weighted by atomic mass is 19.4. The molecule has 1 fully saturated rings. The van der Waals surface area contributed by atoms with Gasteiger partial charge in [-0.05, 0) is 25.0 Å². The number of methoxy groups -OCH3 is 1. The fraction of sp³-hybridized carbons (Fsp3) is 0.300. The zero-order valence-electron chi connectivity index (χ0n) is 16.5. The van der Waals surface area contributed by atoms with Crippen molar-refractivity contribution in [2.75, 3.05) is 7.11 Å². The molecule has 1 aromatic heterocycles. The molecule has 0 spiro atoms.